The number of hydrogen-bond acceptors (Lipinski definition) is 5. The minimum absolute atomic E-state index is 0.0361. The summed E-state index contributed by atoms with van der Waals surface area (Å²) < 4.78 is 1.06. The number of fused-ring (bicyclic) bond motifs is 1. The molecule has 26 heavy (non-hydrogen) atoms. The first-order valence-corrected chi connectivity index (χ1v) is 9.73. The summed E-state index contributed by atoms with van der Waals surface area (Å²) in [6.07, 6.45) is 1.69. The Morgan fingerprint density at radius 3 is 2.85 bits per heavy atom. The second-order valence-electron chi connectivity index (χ2n) is 7.10. The van der Waals surface area contributed by atoms with Gasteiger partial charge in [0.15, 0.2) is 5.13 Å². The van der Waals surface area contributed by atoms with Gasteiger partial charge in [0.05, 0.1) is 22.2 Å². The van der Waals surface area contributed by atoms with Crippen LogP contribution in [-0.4, -0.2) is 41.3 Å². The predicted molar refractivity (Wildman–Crippen MR) is 99.7 cm³/mol. The Kier molecular flexibility index (Phi) is 4.37. The van der Waals surface area contributed by atoms with Crippen LogP contribution in [0.3, 0.4) is 0 Å². The summed E-state index contributed by atoms with van der Waals surface area (Å²) in [5, 5.41) is 9.66. The predicted octanol–water partition coefficient (Wildman–Crippen LogP) is 2.72. The van der Waals surface area contributed by atoms with E-state index in [1.165, 1.54) is 11.3 Å². The van der Waals surface area contributed by atoms with Crippen molar-refractivity contribution in [1.82, 2.24) is 9.88 Å². The first kappa shape index (κ1) is 17.0. The third kappa shape index (κ3) is 3.06. The van der Waals surface area contributed by atoms with Gasteiger partial charge >= 0.3 is 0 Å². The Labute approximate surface area is 156 Å². The van der Waals surface area contributed by atoms with E-state index in [0.717, 1.165) is 28.6 Å². The lowest BCUT2D eigenvalue weighted by Gasteiger charge is -2.31. The molecule has 0 saturated carbocycles. The first-order valence-electron chi connectivity index (χ1n) is 8.91. The molecule has 2 fully saturated rings. The van der Waals surface area contributed by atoms with Crippen LogP contribution in [0.4, 0.5) is 5.13 Å². The maximum absolute atomic E-state index is 12.8. The topological polar surface area (TPSA) is 77.3 Å². The number of likely N-dealkylation sites (tertiary alicyclic amines) is 1. The highest BCUT2D eigenvalue weighted by Gasteiger charge is 2.39. The van der Waals surface area contributed by atoms with Crippen LogP contribution in [0.25, 0.3) is 10.2 Å². The van der Waals surface area contributed by atoms with Crippen LogP contribution < -0.4 is 4.90 Å². The normalized spacial score (nSPS) is 21.4. The number of aromatic nitrogens is 1. The Hall–Kier alpha value is -2.46. The van der Waals surface area contributed by atoms with Crippen LogP contribution in [0.1, 0.15) is 24.8 Å². The number of carbonyl (C=O) groups is 2. The molecule has 2 amide bonds. The van der Waals surface area contributed by atoms with Gasteiger partial charge in [0, 0.05) is 32.0 Å². The van der Waals surface area contributed by atoms with E-state index < -0.39 is 0 Å². The monoisotopic (exact) mass is 368 g/mol. The van der Waals surface area contributed by atoms with E-state index in [2.05, 4.69) is 17.1 Å². The molecule has 0 spiro atoms. The smallest absolute Gasteiger partial charge is 0.229 e. The van der Waals surface area contributed by atoms with E-state index in [4.69, 9.17) is 5.26 Å². The number of nitriles is 1. The van der Waals surface area contributed by atoms with Gasteiger partial charge < -0.3 is 4.90 Å². The van der Waals surface area contributed by atoms with Gasteiger partial charge in [-0.1, -0.05) is 17.4 Å². The van der Waals surface area contributed by atoms with E-state index in [0.29, 0.717) is 24.8 Å². The first-order chi connectivity index (χ1) is 12.5. The fourth-order valence-electron chi connectivity index (χ4n) is 3.68. The molecule has 2 aromatic rings. The number of rotatable bonds is 2. The lowest BCUT2D eigenvalue weighted by molar-refractivity contribution is -0.136. The second-order valence-corrected chi connectivity index (χ2v) is 8.11. The summed E-state index contributed by atoms with van der Waals surface area (Å²) in [6.45, 7) is 3.66. The molecule has 2 aliphatic rings. The van der Waals surface area contributed by atoms with Crippen molar-refractivity contribution in [3.8, 4) is 6.07 Å². The number of piperidine rings is 1. The van der Waals surface area contributed by atoms with Crippen LogP contribution in [0.15, 0.2) is 18.2 Å². The van der Waals surface area contributed by atoms with Crippen LogP contribution in [0.2, 0.25) is 0 Å². The number of benzene rings is 1. The molecule has 4 rings (SSSR count). The van der Waals surface area contributed by atoms with Crippen LogP contribution in [0, 0.1) is 30.1 Å². The van der Waals surface area contributed by atoms with Gasteiger partial charge in [-0.05, 0) is 37.5 Å². The largest absolute Gasteiger partial charge is 0.342 e. The summed E-state index contributed by atoms with van der Waals surface area (Å²) in [5.74, 6) is -0.262. The van der Waals surface area contributed by atoms with Gasteiger partial charge in [0.2, 0.25) is 11.8 Å². The average molecular weight is 368 g/mol. The Bertz CT molecular complexity index is 908. The number of amides is 2. The summed E-state index contributed by atoms with van der Waals surface area (Å²) in [5.41, 5.74) is 2.05. The minimum Gasteiger partial charge on any atom is -0.342 e. The van der Waals surface area contributed by atoms with Crippen molar-refractivity contribution >= 4 is 38.5 Å². The zero-order valence-electron chi connectivity index (χ0n) is 14.6. The molecule has 1 aromatic carbocycles. The number of aryl methyl sites for hydroxylation is 1. The number of thiazole rings is 1. The van der Waals surface area contributed by atoms with Gasteiger partial charge in [-0.25, -0.2) is 4.98 Å². The van der Waals surface area contributed by atoms with Crippen molar-refractivity contribution in [3.63, 3.8) is 0 Å². The van der Waals surface area contributed by atoms with E-state index >= 15 is 0 Å². The molecule has 134 valence electrons. The van der Waals surface area contributed by atoms with E-state index in [1.54, 1.807) is 4.90 Å². The van der Waals surface area contributed by atoms with E-state index in [-0.39, 0.29) is 30.1 Å². The Morgan fingerprint density at radius 1 is 1.35 bits per heavy atom. The maximum atomic E-state index is 12.8. The average Bonchev–Trinajstić information content (AvgIpc) is 3.24. The molecule has 0 aliphatic carbocycles. The fraction of sp³-hybridized carbons (Fsp3) is 0.474. The molecule has 3 heterocycles. The van der Waals surface area contributed by atoms with Crippen LogP contribution >= 0.6 is 11.3 Å². The molecule has 1 unspecified atom stereocenters. The minimum atomic E-state index is -0.310. The number of nitrogens with zero attached hydrogens (tertiary/aromatic N) is 4. The SMILES string of the molecule is Cc1ccc2nc(N3CC(C(=O)N4CCC(C#N)CC4)CC3=O)sc2c1. The van der Waals surface area contributed by atoms with Crippen molar-refractivity contribution in [3.05, 3.63) is 23.8 Å². The third-order valence-corrected chi connectivity index (χ3v) is 6.27. The molecule has 0 radical (unpaired) electrons. The van der Waals surface area contributed by atoms with Crippen LogP contribution in [-0.2, 0) is 9.59 Å². The summed E-state index contributed by atoms with van der Waals surface area (Å²) in [7, 11) is 0. The molecule has 7 heteroatoms. The highest BCUT2D eigenvalue weighted by molar-refractivity contribution is 7.22. The van der Waals surface area contributed by atoms with Crippen molar-refractivity contribution in [2.45, 2.75) is 26.2 Å². The number of carbonyl (C=O) groups excluding carboxylic acids is 2. The maximum Gasteiger partial charge on any atom is 0.229 e. The molecular weight excluding hydrogens is 348 g/mol. The van der Waals surface area contributed by atoms with Crippen molar-refractivity contribution in [2.24, 2.45) is 11.8 Å². The quantitative estimate of drug-likeness (QED) is 0.817. The van der Waals surface area contributed by atoms with Gasteiger partial charge in [-0.2, -0.15) is 5.26 Å². The third-order valence-electron chi connectivity index (χ3n) is 5.23. The molecule has 2 aliphatic heterocycles. The molecule has 1 aromatic heterocycles. The second kappa shape index (κ2) is 6.69. The molecule has 1 atom stereocenters. The summed E-state index contributed by atoms with van der Waals surface area (Å²) in [6, 6.07) is 8.32. The molecule has 0 N–H and O–H groups in total. The molecule has 2 saturated heterocycles. The number of hydrogen-bond donors (Lipinski definition) is 0. The summed E-state index contributed by atoms with van der Waals surface area (Å²) >= 11 is 1.50. The summed E-state index contributed by atoms with van der Waals surface area (Å²) in [4.78, 5) is 33.3. The fourth-order valence-corrected chi connectivity index (χ4v) is 4.77. The Balaban J connectivity index is 1.48. The zero-order chi connectivity index (χ0) is 18.3. The van der Waals surface area contributed by atoms with Gasteiger partial charge in [0.25, 0.3) is 0 Å². The van der Waals surface area contributed by atoms with Gasteiger partial charge in [-0.3, -0.25) is 14.5 Å². The van der Waals surface area contributed by atoms with E-state index in [9.17, 15) is 9.59 Å². The zero-order valence-corrected chi connectivity index (χ0v) is 15.5. The van der Waals surface area contributed by atoms with Crippen molar-refractivity contribution in [2.75, 3.05) is 24.5 Å². The highest BCUT2D eigenvalue weighted by Crippen LogP contribution is 2.34. The highest BCUT2D eigenvalue weighted by atomic mass is 32.1. The molecular formula is C19H20N4O2S. The standard InChI is InChI=1S/C19H20N4O2S/c1-12-2-3-15-16(8-12)26-19(21-15)23-11-14(9-17(23)24)18(25)22-6-4-13(10-20)5-7-22/h2-3,8,13-14H,4-7,9,11H2,1H3. The lowest BCUT2D eigenvalue weighted by Crippen LogP contribution is -2.42. The molecule has 0 bridgehead atoms. The van der Waals surface area contributed by atoms with Crippen molar-refractivity contribution in [1.29, 1.82) is 5.26 Å². The lowest BCUT2D eigenvalue weighted by atomic mass is 9.97. The van der Waals surface area contributed by atoms with Gasteiger partial charge in [-0.15, -0.1) is 0 Å². The van der Waals surface area contributed by atoms with Crippen LogP contribution in [0.5, 0.6) is 0 Å². The van der Waals surface area contributed by atoms with Gasteiger partial charge in [0.1, 0.15) is 0 Å². The molecule has 6 nitrogen and oxygen atoms in total. The van der Waals surface area contributed by atoms with E-state index in [1.807, 2.05) is 24.0 Å². The van der Waals surface area contributed by atoms with Crippen molar-refractivity contribution < 1.29 is 9.59 Å². The Morgan fingerprint density at radius 2 is 2.12 bits per heavy atom. The number of anilines is 1.